The predicted molar refractivity (Wildman–Crippen MR) is 99.8 cm³/mol. The minimum absolute atomic E-state index is 0.0596. The molecule has 23 heavy (non-hydrogen) atoms. The lowest BCUT2D eigenvalue weighted by Crippen LogP contribution is -2.40. The van der Waals surface area contributed by atoms with E-state index in [1.165, 1.54) is 57.1 Å². The van der Waals surface area contributed by atoms with Gasteiger partial charge in [-0.2, -0.15) is 11.8 Å². The van der Waals surface area contributed by atoms with E-state index in [1.807, 2.05) is 0 Å². The van der Waals surface area contributed by atoms with Crippen molar-refractivity contribution >= 4 is 21.6 Å². The van der Waals surface area contributed by atoms with Gasteiger partial charge in [0.25, 0.3) is 0 Å². The van der Waals surface area contributed by atoms with Crippen LogP contribution in [0.4, 0.5) is 0 Å². The molecule has 3 atom stereocenters. The van der Waals surface area contributed by atoms with Crippen molar-refractivity contribution in [1.29, 1.82) is 0 Å². The zero-order valence-electron chi connectivity index (χ0n) is 14.5. The fraction of sp³-hybridized carbons (Fsp3) is 1.00. The molecule has 0 amide bonds. The number of rotatable bonds is 5. The van der Waals surface area contributed by atoms with Gasteiger partial charge in [0.15, 0.2) is 0 Å². The Bertz CT molecular complexity index is 465. The van der Waals surface area contributed by atoms with Crippen molar-refractivity contribution in [2.24, 2.45) is 11.8 Å². The lowest BCUT2D eigenvalue weighted by molar-refractivity contribution is 0.172. The molecule has 3 rings (SSSR count). The highest BCUT2D eigenvalue weighted by atomic mass is 32.2. The summed E-state index contributed by atoms with van der Waals surface area (Å²) in [6.45, 7) is 1.20. The zero-order valence-corrected chi connectivity index (χ0v) is 16.1. The van der Waals surface area contributed by atoms with Crippen molar-refractivity contribution in [3.05, 3.63) is 0 Å². The highest BCUT2D eigenvalue weighted by Gasteiger charge is 2.34. The van der Waals surface area contributed by atoms with Crippen molar-refractivity contribution in [2.75, 3.05) is 18.6 Å². The molecular formula is C18H33NO2S2. The van der Waals surface area contributed by atoms with Gasteiger partial charge in [0.2, 0.25) is 0 Å². The Kier molecular flexibility index (Phi) is 6.36. The standard InChI is InChI=1S/C18H33NO2S2/c1-23(20,21)18-9-7-14(8-10-18)15-4-2-5-16(12-15)19-13-17-6-3-11-22-17/h14-19H,2-13H2,1H3. The number of thioether (sulfide) groups is 1. The third kappa shape index (κ3) is 5.12. The molecule has 5 heteroatoms. The molecule has 3 aliphatic rings. The molecule has 1 aliphatic heterocycles. The Morgan fingerprint density at radius 2 is 1.74 bits per heavy atom. The van der Waals surface area contributed by atoms with Crippen LogP contribution in [0.5, 0.6) is 0 Å². The molecule has 1 heterocycles. The summed E-state index contributed by atoms with van der Waals surface area (Å²) in [7, 11) is -2.82. The van der Waals surface area contributed by atoms with E-state index in [0.717, 1.165) is 42.8 Å². The third-order valence-corrected chi connectivity index (χ3v) is 9.44. The van der Waals surface area contributed by atoms with Gasteiger partial charge in [-0.15, -0.1) is 0 Å². The van der Waals surface area contributed by atoms with Crippen LogP contribution in [0.15, 0.2) is 0 Å². The fourth-order valence-electron chi connectivity index (χ4n) is 4.93. The van der Waals surface area contributed by atoms with Crippen molar-refractivity contribution in [1.82, 2.24) is 5.32 Å². The molecule has 1 saturated heterocycles. The highest BCUT2D eigenvalue weighted by Crippen LogP contribution is 2.39. The van der Waals surface area contributed by atoms with Gasteiger partial charge in [-0.1, -0.05) is 12.8 Å². The van der Waals surface area contributed by atoms with Crippen LogP contribution in [0.3, 0.4) is 0 Å². The number of hydrogen-bond donors (Lipinski definition) is 1. The fourth-order valence-corrected chi connectivity index (χ4v) is 7.28. The van der Waals surface area contributed by atoms with Crippen molar-refractivity contribution in [2.45, 2.75) is 80.7 Å². The smallest absolute Gasteiger partial charge is 0.150 e. The van der Waals surface area contributed by atoms with Gasteiger partial charge in [-0.05, 0) is 69.0 Å². The summed E-state index contributed by atoms with van der Waals surface area (Å²) in [6, 6.07) is 0.711. The van der Waals surface area contributed by atoms with E-state index in [0.29, 0.717) is 6.04 Å². The van der Waals surface area contributed by atoms with E-state index in [9.17, 15) is 8.42 Å². The summed E-state index contributed by atoms with van der Waals surface area (Å²) >= 11 is 2.14. The van der Waals surface area contributed by atoms with E-state index in [2.05, 4.69) is 17.1 Å². The van der Waals surface area contributed by atoms with Crippen molar-refractivity contribution in [3.63, 3.8) is 0 Å². The topological polar surface area (TPSA) is 46.2 Å². The molecule has 3 unspecified atom stereocenters. The first-order chi connectivity index (χ1) is 11.0. The minimum atomic E-state index is -2.82. The van der Waals surface area contributed by atoms with Crippen molar-refractivity contribution < 1.29 is 8.42 Å². The molecule has 0 aromatic heterocycles. The van der Waals surface area contributed by atoms with Crippen LogP contribution in [0, 0.1) is 11.8 Å². The van der Waals surface area contributed by atoms with E-state index in [1.54, 1.807) is 0 Å². The normalized spacial score (nSPS) is 39.4. The van der Waals surface area contributed by atoms with E-state index in [-0.39, 0.29) is 5.25 Å². The molecule has 0 aromatic rings. The second-order valence-corrected chi connectivity index (χ2v) is 11.8. The van der Waals surface area contributed by atoms with Crippen LogP contribution in [0.25, 0.3) is 0 Å². The SMILES string of the molecule is CS(=O)(=O)C1CCC(C2CCCC(NCC3CCCS3)C2)CC1. The Hall–Kier alpha value is 0.260. The first-order valence-corrected chi connectivity index (χ1v) is 12.6. The number of hydrogen-bond acceptors (Lipinski definition) is 4. The first-order valence-electron chi connectivity index (χ1n) is 9.56. The summed E-state index contributed by atoms with van der Waals surface area (Å²) in [5.74, 6) is 2.96. The minimum Gasteiger partial charge on any atom is -0.313 e. The molecule has 0 radical (unpaired) electrons. The monoisotopic (exact) mass is 359 g/mol. The molecule has 0 spiro atoms. The quantitative estimate of drug-likeness (QED) is 0.814. The van der Waals surface area contributed by atoms with Gasteiger partial charge in [-0.25, -0.2) is 8.42 Å². The van der Waals surface area contributed by atoms with Crippen LogP contribution < -0.4 is 5.32 Å². The summed E-state index contributed by atoms with van der Waals surface area (Å²) in [6.07, 6.45) is 13.7. The van der Waals surface area contributed by atoms with Gasteiger partial charge in [-0.3, -0.25) is 0 Å². The summed E-state index contributed by atoms with van der Waals surface area (Å²) in [5.41, 5.74) is 0. The van der Waals surface area contributed by atoms with Crippen LogP contribution in [0.2, 0.25) is 0 Å². The van der Waals surface area contributed by atoms with Gasteiger partial charge < -0.3 is 5.32 Å². The van der Waals surface area contributed by atoms with Crippen LogP contribution in [-0.4, -0.2) is 43.5 Å². The predicted octanol–water partition coefficient (Wildman–Crippen LogP) is 3.63. The third-order valence-electron chi connectivity index (χ3n) is 6.36. The molecule has 3 nitrogen and oxygen atoms in total. The Morgan fingerprint density at radius 1 is 0.957 bits per heavy atom. The summed E-state index contributed by atoms with van der Waals surface area (Å²) < 4.78 is 23.4. The largest absolute Gasteiger partial charge is 0.313 e. The van der Waals surface area contributed by atoms with E-state index in [4.69, 9.17) is 0 Å². The zero-order chi connectivity index (χ0) is 16.3. The Morgan fingerprint density at radius 3 is 2.39 bits per heavy atom. The molecule has 0 bridgehead atoms. The van der Waals surface area contributed by atoms with Crippen molar-refractivity contribution in [3.8, 4) is 0 Å². The first kappa shape index (κ1) is 18.1. The Labute approximate surface area is 146 Å². The molecule has 134 valence electrons. The summed E-state index contributed by atoms with van der Waals surface area (Å²) in [4.78, 5) is 0. The van der Waals surface area contributed by atoms with Crippen LogP contribution in [0.1, 0.15) is 64.2 Å². The molecule has 3 fully saturated rings. The van der Waals surface area contributed by atoms with E-state index < -0.39 is 9.84 Å². The lowest BCUT2D eigenvalue weighted by atomic mass is 9.72. The lowest BCUT2D eigenvalue weighted by Gasteiger charge is -2.38. The maximum Gasteiger partial charge on any atom is 0.150 e. The molecule has 1 N–H and O–H groups in total. The van der Waals surface area contributed by atoms with Crippen LogP contribution in [-0.2, 0) is 9.84 Å². The van der Waals surface area contributed by atoms with Gasteiger partial charge >= 0.3 is 0 Å². The molecular weight excluding hydrogens is 326 g/mol. The average Bonchev–Trinajstić information content (AvgIpc) is 3.06. The second kappa shape index (κ2) is 8.09. The molecule has 2 aliphatic carbocycles. The summed E-state index contributed by atoms with van der Waals surface area (Å²) in [5, 5.41) is 4.64. The molecule has 2 saturated carbocycles. The van der Waals surface area contributed by atoms with Gasteiger partial charge in [0.1, 0.15) is 9.84 Å². The van der Waals surface area contributed by atoms with Gasteiger partial charge in [0, 0.05) is 24.1 Å². The number of nitrogens with one attached hydrogen (secondary N) is 1. The molecule has 0 aromatic carbocycles. The van der Waals surface area contributed by atoms with Crippen LogP contribution >= 0.6 is 11.8 Å². The maximum atomic E-state index is 11.7. The number of sulfone groups is 1. The van der Waals surface area contributed by atoms with E-state index >= 15 is 0 Å². The average molecular weight is 360 g/mol. The van der Waals surface area contributed by atoms with Gasteiger partial charge in [0.05, 0.1) is 5.25 Å². The highest BCUT2D eigenvalue weighted by molar-refractivity contribution is 8.00. The maximum absolute atomic E-state index is 11.7. The Balaban J connectivity index is 1.43. The second-order valence-electron chi connectivity index (χ2n) is 8.03.